The van der Waals surface area contributed by atoms with Gasteiger partial charge in [-0.3, -0.25) is 4.79 Å². The van der Waals surface area contributed by atoms with Gasteiger partial charge >= 0.3 is 0 Å². The van der Waals surface area contributed by atoms with Crippen LogP contribution in [0, 0.1) is 11.7 Å². The standard InChI is InChI=1S/C11H14FN3O/c1-8(16)9-2-4-15(5-3-9)11-13-6-10(12)7-14-11/h6-7,9H,2-5H2,1H3. The number of Topliss-reactive ketones (excluding diaryl/α,β-unsaturated/α-hetero) is 1. The lowest BCUT2D eigenvalue weighted by Gasteiger charge is -2.30. The molecule has 0 bridgehead atoms. The Morgan fingerprint density at radius 1 is 1.38 bits per heavy atom. The summed E-state index contributed by atoms with van der Waals surface area (Å²) in [4.78, 5) is 21.0. The SMILES string of the molecule is CC(=O)C1CCN(c2ncc(F)cn2)CC1. The Balaban J connectivity index is 1.99. The number of piperidine rings is 1. The molecule has 0 aromatic carbocycles. The third kappa shape index (κ3) is 2.35. The van der Waals surface area contributed by atoms with Crippen molar-refractivity contribution in [2.75, 3.05) is 18.0 Å². The summed E-state index contributed by atoms with van der Waals surface area (Å²) in [6.45, 7) is 3.15. The van der Waals surface area contributed by atoms with Crippen LogP contribution >= 0.6 is 0 Å². The molecule has 0 unspecified atom stereocenters. The first-order chi connectivity index (χ1) is 7.66. The highest BCUT2D eigenvalue weighted by Gasteiger charge is 2.23. The molecule has 1 aliphatic rings. The van der Waals surface area contributed by atoms with Crippen LogP contribution in [0.15, 0.2) is 12.4 Å². The van der Waals surface area contributed by atoms with Crippen LogP contribution in [0.2, 0.25) is 0 Å². The maximum atomic E-state index is 12.6. The van der Waals surface area contributed by atoms with Crippen molar-refractivity contribution in [2.45, 2.75) is 19.8 Å². The zero-order valence-electron chi connectivity index (χ0n) is 9.19. The number of aromatic nitrogens is 2. The second-order valence-electron chi connectivity index (χ2n) is 4.07. The molecule has 0 atom stereocenters. The van der Waals surface area contributed by atoms with Crippen molar-refractivity contribution >= 4 is 11.7 Å². The average Bonchev–Trinajstić information content (AvgIpc) is 2.30. The Hall–Kier alpha value is -1.52. The summed E-state index contributed by atoms with van der Waals surface area (Å²) in [6, 6.07) is 0. The Kier molecular flexibility index (Phi) is 3.12. The van der Waals surface area contributed by atoms with Gasteiger partial charge in [0.2, 0.25) is 5.95 Å². The first-order valence-corrected chi connectivity index (χ1v) is 5.40. The lowest BCUT2D eigenvalue weighted by Crippen LogP contribution is -2.36. The number of carbonyl (C=O) groups excluding carboxylic acids is 1. The summed E-state index contributed by atoms with van der Waals surface area (Å²) in [7, 11) is 0. The van der Waals surface area contributed by atoms with Crippen molar-refractivity contribution < 1.29 is 9.18 Å². The first kappa shape index (κ1) is 11.0. The molecule has 0 amide bonds. The van der Waals surface area contributed by atoms with Crippen LogP contribution in [-0.2, 0) is 4.79 Å². The molecule has 0 N–H and O–H groups in total. The van der Waals surface area contributed by atoms with Crippen LogP contribution in [0.25, 0.3) is 0 Å². The van der Waals surface area contributed by atoms with Crippen molar-refractivity contribution in [1.29, 1.82) is 0 Å². The van der Waals surface area contributed by atoms with E-state index in [-0.39, 0.29) is 11.7 Å². The van der Waals surface area contributed by atoms with E-state index < -0.39 is 5.82 Å². The number of hydrogen-bond donors (Lipinski definition) is 0. The normalized spacial score (nSPS) is 17.5. The van der Waals surface area contributed by atoms with Crippen molar-refractivity contribution in [1.82, 2.24) is 9.97 Å². The number of rotatable bonds is 2. The predicted molar refractivity (Wildman–Crippen MR) is 57.6 cm³/mol. The Morgan fingerprint density at radius 2 is 1.94 bits per heavy atom. The van der Waals surface area contributed by atoms with Gasteiger partial charge in [0.05, 0.1) is 12.4 Å². The quantitative estimate of drug-likeness (QED) is 0.760. The summed E-state index contributed by atoms with van der Waals surface area (Å²) in [5, 5.41) is 0. The maximum absolute atomic E-state index is 12.6. The maximum Gasteiger partial charge on any atom is 0.225 e. The first-order valence-electron chi connectivity index (χ1n) is 5.40. The summed E-state index contributed by atoms with van der Waals surface area (Å²) in [5.74, 6) is 0.530. The van der Waals surface area contributed by atoms with E-state index in [1.54, 1.807) is 6.92 Å². The fraction of sp³-hybridized carbons (Fsp3) is 0.545. The van der Waals surface area contributed by atoms with Crippen LogP contribution in [0.4, 0.5) is 10.3 Å². The zero-order valence-corrected chi connectivity index (χ0v) is 9.19. The van der Waals surface area contributed by atoms with E-state index in [4.69, 9.17) is 0 Å². The van der Waals surface area contributed by atoms with Crippen molar-refractivity contribution in [3.63, 3.8) is 0 Å². The molecule has 2 rings (SSSR count). The van der Waals surface area contributed by atoms with E-state index in [1.165, 1.54) is 12.4 Å². The van der Waals surface area contributed by atoms with E-state index in [0.717, 1.165) is 25.9 Å². The summed E-state index contributed by atoms with van der Waals surface area (Å²) < 4.78 is 12.6. The van der Waals surface area contributed by atoms with Crippen LogP contribution < -0.4 is 4.90 Å². The van der Waals surface area contributed by atoms with Crippen LogP contribution in [0.5, 0.6) is 0 Å². The molecule has 1 fully saturated rings. The molecule has 4 nitrogen and oxygen atoms in total. The van der Waals surface area contributed by atoms with Gasteiger partial charge in [-0.25, -0.2) is 14.4 Å². The molecule has 0 spiro atoms. The van der Waals surface area contributed by atoms with Gasteiger partial charge in [-0.05, 0) is 19.8 Å². The molecule has 1 aromatic heterocycles. The minimum absolute atomic E-state index is 0.164. The fourth-order valence-corrected chi connectivity index (χ4v) is 1.95. The number of anilines is 1. The van der Waals surface area contributed by atoms with Gasteiger partial charge in [-0.1, -0.05) is 0 Å². The summed E-state index contributed by atoms with van der Waals surface area (Å²) >= 11 is 0. The molecule has 0 saturated carbocycles. The average molecular weight is 223 g/mol. The molecule has 0 radical (unpaired) electrons. The smallest absolute Gasteiger partial charge is 0.225 e. The third-order valence-corrected chi connectivity index (χ3v) is 2.96. The second-order valence-corrected chi connectivity index (χ2v) is 4.07. The lowest BCUT2D eigenvalue weighted by molar-refractivity contribution is -0.121. The number of halogens is 1. The monoisotopic (exact) mass is 223 g/mol. The largest absolute Gasteiger partial charge is 0.341 e. The van der Waals surface area contributed by atoms with Crippen LogP contribution in [-0.4, -0.2) is 28.8 Å². The fourth-order valence-electron chi connectivity index (χ4n) is 1.95. The number of ketones is 1. The molecule has 0 aliphatic carbocycles. The van der Waals surface area contributed by atoms with Crippen molar-refractivity contribution in [3.05, 3.63) is 18.2 Å². The van der Waals surface area contributed by atoms with E-state index >= 15 is 0 Å². The zero-order chi connectivity index (χ0) is 11.5. The van der Waals surface area contributed by atoms with E-state index in [9.17, 15) is 9.18 Å². The molecular formula is C11H14FN3O. The molecule has 1 aliphatic heterocycles. The van der Waals surface area contributed by atoms with Gasteiger partial charge in [0, 0.05) is 19.0 Å². The molecule has 16 heavy (non-hydrogen) atoms. The lowest BCUT2D eigenvalue weighted by atomic mass is 9.93. The van der Waals surface area contributed by atoms with E-state index in [2.05, 4.69) is 9.97 Å². The van der Waals surface area contributed by atoms with Gasteiger partial charge in [-0.15, -0.1) is 0 Å². The summed E-state index contributed by atoms with van der Waals surface area (Å²) in [6.07, 6.45) is 3.99. The van der Waals surface area contributed by atoms with Crippen molar-refractivity contribution in [3.8, 4) is 0 Å². The highest BCUT2D eigenvalue weighted by atomic mass is 19.1. The second kappa shape index (κ2) is 4.55. The topological polar surface area (TPSA) is 46.1 Å². The van der Waals surface area contributed by atoms with Gasteiger partial charge in [-0.2, -0.15) is 0 Å². The molecule has 1 saturated heterocycles. The van der Waals surface area contributed by atoms with Crippen LogP contribution in [0.3, 0.4) is 0 Å². The van der Waals surface area contributed by atoms with Crippen molar-refractivity contribution in [2.24, 2.45) is 5.92 Å². The van der Waals surface area contributed by atoms with Gasteiger partial charge < -0.3 is 4.90 Å². The molecule has 2 heterocycles. The third-order valence-electron chi connectivity index (χ3n) is 2.96. The summed E-state index contributed by atoms with van der Waals surface area (Å²) in [5.41, 5.74) is 0. The molecular weight excluding hydrogens is 209 g/mol. The number of carbonyl (C=O) groups is 1. The number of hydrogen-bond acceptors (Lipinski definition) is 4. The van der Waals surface area contributed by atoms with Gasteiger partial charge in [0.15, 0.2) is 5.82 Å². The molecule has 5 heteroatoms. The minimum atomic E-state index is -0.428. The molecule has 1 aromatic rings. The Morgan fingerprint density at radius 3 is 2.44 bits per heavy atom. The molecule has 86 valence electrons. The van der Waals surface area contributed by atoms with Gasteiger partial charge in [0.1, 0.15) is 5.78 Å². The minimum Gasteiger partial charge on any atom is -0.341 e. The van der Waals surface area contributed by atoms with Crippen LogP contribution in [0.1, 0.15) is 19.8 Å². The highest BCUT2D eigenvalue weighted by Crippen LogP contribution is 2.20. The predicted octanol–water partition coefficient (Wildman–Crippen LogP) is 1.42. The van der Waals surface area contributed by atoms with E-state index in [0.29, 0.717) is 5.95 Å². The number of nitrogens with zero attached hydrogens (tertiary/aromatic N) is 3. The Bertz CT molecular complexity index is 371. The van der Waals surface area contributed by atoms with E-state index in [1.807, 2.05) is 4.90 Å². The Labute approximate surface area is 93.5 Å². The van der Waals surface area contributed by atoms with Gasteiger partial charge in [0.25, 0.3) is 0 Å². The highest BCUT2D eigenvalue weighted by molar-refractivity contribution is 5.78.